The Bertz CT molecular complexity index is 532. The summed E-state index contributed by atoms with van der Waals surface area (Å²) >= 11 is 3.52. The van der Waals surface area contributed by atoms with Crippen LogP contribution >= 0.6 is 15.9 Å². The Morgan fingerprint density at radius 1 is 1.09 bits per heavy atom. The highest BCUT2D eigenvalue weighted by atomic mass is 79.9. The van der Waals surface area contributed by atoms with Crippen LogP contribution in [0.15, 0.2) is 22.7 Å². The Hall–Kier alpha value is -1.03. The zero-order chi connectivity index (χ0) is 15.5. The molecule has 4 heteroatoms. The van der Waals surface area contributed by atoms with Crippen molar-refractivity contribution in [1.29, 1.82) is 0 Å². The Labute approximate surface area is 141 Å². The molecule has 0 radical (unpaired) electrons. The van der Waals surface area contributed by atoms with Crippen molar-refractivity contribution in [2.24, 2.45) is 5.92 Å². The lowest BCUT2D eigenvalue weighted by atomic mass is 9.88. The van der Waals surface area contributed by atoms with E-state index in [-0.39, 0.29) is 0 Å². The van der Waals surface area contributed by atoms with Gasteiger partial charge in [0.2, 0.25) is 5.91 Å². The molecule has 0 atom stereocenters. The van der Waals surface area contributed by atoms with Crippen LogP contribution < -0.4 is 4.90 Å². The summed E-state index contributed by atoms with van der Waals surface area (Å²) in [6, 6.07) is 6.44. The van der Waals surface area contributed by atoms with E-state index in [2.05, 4.69) is 50.9 Å². The Balaban J connectivity index is 1.59. The number of nitrogens with zero attached hydrogens (tertiary/aromatic N) is 2. The third kappa shape index (κ3) is 3.48. The minimum absolute atomic E-state index is 0.301. The summed E-state index contributed by atoms with van der Waals surface area (Å²) in [6.07, 6.45) is 5.97. The van der Waals surface area contributed by atoms with E-state index >= 15 is 0 Å². The van der Waals surface area contributed by atoms with Crippen molar-refractivity contribution < 1.29 is 4.79 Å². The van der Waals surface area contributed by atoms with Gasteiger partial charge in [0.1, 0.15) is 0 Å². The van der Waals surface area contributed by atoms with Crippen molar-refractivity contribution in [2.45, 2.75) is 39.0 Å². The van der Waals surface area contributed by atoms with Gasteiger partial charge < -0.3 is 9.80 Å². The number of hydrogen-bond donors (Lipinski definition) is 0. The van der Waals surface area contributed by atoms with E-state index in [1.165, 1.54) is 30.5 Å². The number of hydrogen-bond acceptors (Lipinski definition) is 2. The first-order valence-corrected chi connectivity index (χ1v) is 9.24. The summed E-state index contributed by atoms with van der Waals surface area (Å²) in [5.74, 6) is 0.710. The molecule has 2 aliphatic rings. The molecule has 1 aromatic rings. The van der Waals surface area contributed by atoms with Gasteiger partial charge in [-0.05, 0) is 43.5 Å². The largest absolute Gasteiger partial charge is 0.368 e. The lowest BCUT2D eigenvalue weighted by Gasteiger charge is -2.38. The molecule has 3 nitrogen and oxygen atoms in total. The highest BCUT2D eigenvalue weighted by molar-refractivity contribution is 9.10. The zero-order valence-electron chi connectivity index (χ0n) is 13.4. The molecule has 1 aromatic carbocycles. The first kappa shape index (κ1) is 15.9. The van der Waals surface area contributed by atoms with Gasteiger partial charge in [-0.2, -0.15) is 0 Å². The van der Waals surface area contributed by atoms with Crippen LogP contribution in [-0.4, -0.2) is 37.0 Å². The van der Waals surface area contributed by atoms with Crippen LogP contribution in [0.4, 0.5) is 5.69 Å². The molecule has 0 spiro atoms. The van der Waals surface area contributed by atoms with Crippen LogP contribution in [0.1, 0.15) is 37.7 Å². The fourth-order valence-electron chi connectivity index (χ4n) is 3.75. The first-order valence-electron chi connectivity index (χ1n) is 8.45. The second-order valence-corrected chi connectivity index (χ2v) is 7.49. The van der Waals surface area contributed by atoms with E-state index in [9.17, 15) is 4.79 Å². The van der Waals surface area contributed by atoms with Gasteiger partial charge in [0.05, 0.1) is 0 Å². The summed E-state index contributed by atoms with van der Waals surface area (Å²) in [5.41, 5.74) is 2.59. The minimum atomic E-state index is 0.301. The minimum Gasteiger partial charge on any atom is -0.368 e. The van der Waals surface area contributed by atoms with E-state index < -0.39 is 0 Å². The fourth-order valence-corrected chi connectivity index (χ4v) is 4.22. The van der Waals surface area contributed by atoms with E-state index in [0.717, 1.165) is 43.5 Å². The predicted molar refractivity (Wildman–Crippen MR) is 94.2 cm³/mol. The molecule has 120 valence electrons. The Kier molecular flexibility index (Phi) is 5.07. The molecular weight excluding hydrogens is 340 g/mol. The van der Waals surface area contributed by atoms with Crippen LogP contribution in [0.3, 0.4) is 0 Å². The second kappa shape index (κ2) is 7.03. The summed E-state index contributed by atoms with van der Waals surface area (Å²) in [6.45, 7) is 5.77. The van der Waals surface area contributed by atoms with Gasteiger partial charge in [-0.25, -0.2) is 0 Å². The average molecular weight is 365 g/mol. The van der Waals surface area contributed by atoms with Crippen LogP contribution in [0.25, 0.3) is 0 Å². The zero-order valence-corrected chi connectivity index (χ0v) is 14.9. The normalized spacial score (nSPS) is 20.3. The molecule has 1 amide bonds. The first-order chi connectivity index (χ1) is 10.6. The van der Waals surface area contributed by atoms with Crippen molar-refractivity contribution in [3.05, 3.63) is 28.2 Å². The van der Waals surface area contributed by atoms with Gasteiger partial charge >= 0.3 is 0 Å². The van der Waals surface area contributed by atoms with Crippen molar-refractivity contribution in [1.82, 2.24) is 4.90 Å². The number of carbonyl (C=O) groups is 1. The number of carbonyl (C=O) groups excluding carboxylic acids is 1. The number of benzene rings is 1. The topological polar surface area (TPSA) is 23.6 Å². The van der Waals surface area contributed by atoms with Crippen LogP contribution in [0.5, 0.6) is 0 Å². The number of rotatable bonds is 2. The summed E-state index contributed by atoms with van der Waals surface area (Å²) in [5, 5.41) is 0. The Morgan fingerprint density at radius 2 is 1.77 bits per heavy atom. The van der Waals surface area contributed by atoms with Gasteiger partial charge in [0, 0.05) is 42.3 Å². The Morgan fingerprint density at radius 3 is 2.41 bits per heavy atom. The summed E-state index contributed by atoms with van der Waals surface area (Å²) in [4.78, 5) is 17.1. The SMILES string of the molecule is Cc1cc(Br)ccc1N1CCN(C(=O)C2CCCCC2)CC1. The third-order valence-electron chi connectivity index (χ3n) is 5.05. The van der Waals surface area contributed by atoms with Crippen molar-refractivity contribution >= 4 is 27.5 Å². The van der Waals surface area contributed by atoms with Crippen LogP contribution in [0.2, 0.25) is 0 Å². The lowest BCUT2D eigenvalue weighted by molar-refractivity contribution is -0.136. The average Bonchev–Trinajstić information content (AvgIpc) is 2.55. The van der Waals surface area contributed by atoms with Crippen LogP contribution in [-0.2, 0) is 4.79 Å². The third-order valence-corrected chi connectivity index (χ3v) is 5.54. The molecule has 1 saturated carbocycles. The fraction of sp³-hybridized carbons (Fsp3) is 0.611. The molecule has 0 bridgehead atoms. The van der Waals surface area contributed by atoms with Crippen molar-refractivity contribution in [3.8, 4) is 0 Å². The summed E-state index contributed by atoms with van der Waals surface area (Å²) < 4.78 is 1.12. The number of piperazine rings is 1. The standard InChI is InChI=1S/C18H25BrN2O/c1-14-13-16(19)7-8-17(14)20-9-11-21(12-10-20)18(22)15-5-3-2-4-6-15/h7-8,13,15H,2-6,9-12H2,1H3. The molecule has 0 aromatic heterocycles. The molecule has 3 rings (SSSR count). The van der Waals surface area contributed by atoms with Crippen molar-refractivity contribution in [3.63, 3.8) is 0 Å². The van der Waals surface area contributed by atoms with Gasteiger partial charge in [-0.3, -0.25) is 4.79 Å². The smallest absolute Gasteiger partial charge is 0.225 e. The van der Waals surface area contributed by atoms with Gasteiger partial charge in [-0.1, -0.05) is 35.2 Å². The number of amides is 1. The quantitative estimate of drug-likeness (QED) is 0.791. The molecule has 1 aliphatic heterocycles. The number of anilines is 1. The number of aryl methyl sites for hydroxylation is 1. The van der Waals surface area contributed by atoms with Gasteiger partial charge in [0.15, 0.2) is 0 Å². The van der Waals surface area contributed by atoms with E-state index in [1.54, 1.807) is 0 Å². The molecule has 1 heterocycles. The highest BCUT2D eigenvalue weighted by Gasteiger charge is 2.28. The summed E-state index contributed by atoms with van der Waals surface area (Å²) in [7, 11) is 0. The molecule has 0 N–H and O–H groups in total. The molecule has 0 unspecified atom stereocenters. The van der Waals surface area contributed by atoms with Crippen molar-refractivity contribution in [2.75, 3.05) is 31.1 Å². The van der Waals surface area contributed by atoms with E-state index in [1.807, 2.05) is 0 Å². The monoisotopic (exact) mass is 364 g/mol. The van der Waals surface area contributed by atoms with E-state index in [4.69, 9.17) is 0 Å². The predicted octanol–water partition coefficient (Wildman–Crippen LogP) is 3.99. The van der Waals surface area contributed by atoms with Gasteiger partial charge in [-0.15, -0.1) is 0 Å². The van der Waals surface area contributed by atoms with Crippen LogP contribution in [0, 0.1) is 12.8 Å². The molecule has 22 heavy (non-hydrogen) atoms. The molecular formula is C18H25BrN2O. The highest BCUT2D eigenvalue weighted by Crippen LogP contribution is 2.28. The van der Waals surface area contributed by atoms with E-state index in [0.29, 0.717) is 11.8 Å². The maximum atomic E-state index is 12.6. The molecule has 2 fully saturated rings. The molecule has 1 saturated heterocycles. The second-order valence-electron chi connectivity index (χ2n) is 6.58. The lowest BCUT2D eigenvalue weighted by Crippen LogP contribution is -2.50. The number of halogens is 1. The maximum Gasteiger partial charge on any atom is 0.225 e. The van der Waals surface area contributed by atoms with Gasteiger partial charge in [0.25, 0.3) is 0 Å². The maximum absolute atomic E-state index is 12.6. The molecule has 1 aliphatic carbocycles.